The molecule has 2 aromatic rings. The highest BCUT2D eigenvalue weighted by atomic mass is 16.5. The van der Waals surface area contributed by atoms with Crippen LogP contribution in [0.25, 0.3) is 0 Å². The third-order valence-electron chi connectivity index (χ3n) is 4.69. The van der Waals surface area contributed by atoms with Crippen LogP contribution in [0.5, 0.6) is 11.5 Å². The van der Waals surface area contributed by atoms with Crippen LogP contribution in [0.4, 0.5) is 0 Å². The lowest BCUT2D eigenvalue weighted by atomic mass is 10.1. The van der Waals surface area contributed by atoms with Crippen LogP contribution < -0.4 is 14.8 Å². The fourth-order valence-electron chi connectivity index (χ4n) is 3.09. The molecule has 0 bridgehead atoms. The van der Waals surface area contributed by atoms with Crippen molar-refractivity contribution in [2.45, 2.75) is 33.2 Å². The van der Waals surface area contributed by atoms with Crippen molar-refractivity contribution in [1.29, 1.82) is 0 Å². The monoisotopic (exact) mass is 398 g/mol. The van der Waals surface area contributed by atoms with Crippen molar-refractivity contribution in [2.75, 3.05) is 27.3 Å². The summed E-state index contributed by atoms with van der Waals surface area (Å²) in [5.74, 6) is 1.24. The largest absolute Gasteiger partial charge is 0.493 e. The molecular weight excluding hydrogens is 368 g/mol. The van der Waals surface area contributed by atoms with E-state index in [1.165, 1.54) is 6.92 Å². The lowest BCUT2D eigenvalue weighted by Crippen LogP contribution is -2.34. The fraction of sp³-hybridized carbons (Fsp3) is 0.391. The molecule has 2 rings (SSSR count). The predicted molar refractivity (Wildman–Crippen MR) is 113 cm³/mol. The van der Waals surface area contributed by atoms with Crippen LogP contribution in [0.1, 0.15) is 30.0 Å². The van der Waals surface area contributed by atoms with Crippen molar-refractivity contribution in [3.63, 3.8) is 0 Å². The van der Waals surface area contributed by atoms with E-state index in [1.807, 2.05) is 43.3 Å². The SMILES string of the molecule is COc1ccc(CCNC(=O)CCN(Cc2cccc(C)c2)C(C)=O)cc1OC. The molecule has 0 aromatic heterocycles. The van der Waals surface area contributed by atoms with Gasteiger partial charge in [-0.25, -0.2) is 0 Å². The van der Waals surface area contributed by atoms with E-state index in [9.17, 15) is 9.59 Å². The molecule has 0 aliphatic heterocycles. The zero-order valence-corrected chi connectivity index (χ0v) is 17.7. The summed E-state index contributed by atoms with van der Waals surface area (Å²) in [5.41, 5.74) is 3.26. The van der Waals surface area contributed by atoms with Crippen molar-refractivity contribution in [3.05, 3.63) is 59.2 Å². The topological polar surface area (TPSA) is 67.9 Å². The van der Waals surface area contributed by atoms with Crippen molar-refractivity contribution in [3.8, 4) is 11.5 Å². The molecule has 6 nitrogen and oxygen atoms in total. The highest BCUT2D eigenvalue weighted by Gasteiger charge is 2.12. The molecule has 156 valence electrons. The van der Waals surface area contributed by atoms with Crippen LogP contribution >= 0.6 is 0 Å². The molecule has 0 spiro atoms. The van der Waals surface area contributed by atoms with Gasteiger partial charge in [0.1, 0.15) is 0 Å². The minimum atomic E-state index is -0.0685. The van der Waals surface area contributed by atoms with Gasteiger partial charge in [0.05, 0.1) is 14.2 Å². The second-order valence-corrected chi connectivity index (χ2v) is 6.97. The van der Waals surface area contributed by atoms with Crippen LogP contribution in [0.15, 0.2) is 42.5 Å². The van der Waals surface area contributed by atoms with E-state index in [-0.39, 0.29) is 18.2 Å². The van der Waals surface area contributed by atoms with Crippen LogP contribution in [0.3, 0.4) is 0 Å². The molecule has 0 saturated carbocycles. The van der Waals surface area contributed by atoms with Gasteiger partial charge in [-0.05, 0) is 36.6 Å². The Bertz CT molecular complexity index is 835. The Balaban J connectivity index is 1.80. The first-order valence-electron chi connectivity index (χ1n) is 9.71. The van der Waals surface area contributed by atoms with E-state index in [0.717, 1.165) is 16.7 Å². The first-order chi connectivity index (χ1) is 13.9. The van der Waals surface area contributed by atoms with Crippen LogP contribution in [0.2, 0.25) is 0 Å². The number of ether oxygens (including phenoxy) is 2. The van der Waals surface area contributed by atoms with Gasteiger partial charge >= 0.3 is 0 Å². The summed E-state index contributed by atoms with van der Waals surface area (Å²) in [6, 6.07) is 13.8. The lowest BCUT2D eigenvalue weighted by Gasteiger charge is -2.21. The summed E-state index contributed by atoms with van der Waals surface area (Å²) >= 11 is 0. The smallest absolute Gasteiger partial charge is 0.221 e. The molecule has 0 aliphatic carbocycles. The maximum atomic E-state index is 12.2. The minimum absolute atomic E-state index is 0.0374. The molecule has 0 saturated heterocycles. The molecule has 0 heterocycles. The van der Waals surface area contributed by atoms with Crippen molar-refractivity contribution in [1.82, 2.24) is 10.2 Å². The molecule has 0 aliphatic rings. The standard InChI is InChI=1S/C23H30N2O4/c1-17-6-5-7-20(14-17)16-25(18(2)26)13-11-23(27)24-12-10-19-8-9-21(28-3)22(15-19)29-4/h5-9,14-15H,10-13,16H2,1-4H3,(H,24,27). The Morgan fingerprint density at radius 1 is 1.00 bits per heavy atom. The highest BCUT2D eigenvalue weighted by molar-refractivity contribution is 5.78. The van der Waals surface area contributed by atoms with E-state index < -0.39 is 0 Å². The lowest BCUT2D eigenvalue weighted by molar-refractivity contribution is -0.130. The van der Waals surface area contributed by atoms with Gasteiger partial charge in [-0.3, -0.25) is 9.59 Å². The van der Waals surface area contributed by atoms with Crippen LogP contribution in [-0.2, 0) is 22.6 Å². The summed E-state index contributed by atoms with van der Waals surface area (Å²) in [4.78, 5) is 25.8. The quantitative estimate of drug-likeness (QED) is 0.668. The molecule has 0 unspecified atom stereocenters. The van der Waals surface area contributed by atoms with Gasteiger partial charge in [0, 0.05) is 33.0 Å². The number of hydrogen-bond donors (Lipinski definition) is 1. The molecule has 0 atom stereocenters. The normalized spacial score (nSPS) is 10.3. The van der Waals surface area contributed by atoms with Crippen LogP contribution in [-0.4, -0.2) is 44.0 Å². The number of aryl methyl sites for hydroxylation is 1. The number of carbonyl (C=O) groups excluding carboxylic acids is 2. The van der Waals surface area contributed by atoms with Crippen molar-refractivity contribution >= 4 is 11.8 Å². The molecule has 1 N–H and O–H groups in total. The van der Waals surface area contributed by atoms with Crippen LogP contribution in [0, 0.1) is 6.92 Å². The van der Waals surface area contributed by atoms with Gasteiger partial charge in [0.25, 0.3) is 0 Å². The zero-order valence-electron chi connectivity index (χ0n) is 17.7. The minimum Gasteiger partial charge on any atom is -0.493 e. The van der Waals surface area contributed by atoms with Gasteiger partial charge < -0.3 is 19.7 Å². The van der Waals surface area contributed by atoms with Gasteiger partial charge in [-0.15, -0.1) is 0 Å². The van der Waals surface area contributed by atoms with Gasteiger partial charge in [0.15, 0.2) is 11.5 Å². The average Bonchev–Trinajstić information content (AvgIpc) is 2.70. The van der Waals surface area contributed by atoms with Crippen molar-refractivity contribution < 1.29 is 19.1 Å². The van der Waals surface area contributed by atoms with E-state index in [2.05, 4.69) is 11.4 Å². The summed E-state index contributed by atoms with van der Waals surface area (Å²) < 4.78 is 10.5. The van der Waals surface area contributed by atoms with Gasteiger partial charge in [-0.2, -0.15) is 0 Å². The summed E-state index contributed by atoms with van der Waals surface area (Å²) in [5, 5.41) is 2.92. The fourth-order valence-corrected chi connectivity index (χ4v) is 3.09. The predicted octanol–water partition coefficient (Wildman–Crippen LogP) is 3.11. The Morgan fingerprint density at radius 2 is 1.76 bits per heavy atom. The highest BCUT2D eigenvalue weighted by Crippen LogP contribution is 2.27. The molecule has 6 heteroatoms. The first-order valence-corrected chi connectivity index (χ1v) is 9.71. The molecule has 0 fully saturated rings. The molecule has 0 radical (unpaired) electrons. The number of nitrogens with one attached hydrogen (secondary N) is 1. The molecule has 29 heavy (non-hydrogen) atoms. The number of amides is 2. The Morgan fingerprint density at radius 3 is 2.41 bits per heavy atom. The third-order valence-corrected chi connectivity index (χ3v) is 4.69. The molecule has 2 amide bonds. The van der Waals surface area contributed by atoms with E-state index in [0.29, 0.717) is 37.6 Å². The number of carbonyl (C=O) groups is 2. The van der Waals surface area contributed by atoms with E-state index in [4.69, 9.17) is 9.47 Å². The summed E-state index contributed by atoms with van der Waals surface area (Å²) in [6.07, 6.45) is 0.961. The number of nitrogens with zero attached hydrogens (tertiary/aromatic N) is 1. The summed E-state index contributed by atoms with van der Waals surface area (Å²) in [6.45, 7) is 4.98. The third kappa shape index (κ3) is 7.14. The second kappa shape index (κ2) is 11.1. The van der Waals surface area contributed by atoms with E-state index in [1.54, 1.807) is 19.1 Å². The number of rotatable bonds is 10. The number of methoxy groups -OCH3 is 2. The van der Waals surface area contributed by atoms with E-state index >= 15 is 0 Å². The maximum Gasteiger partial charge on any atom is 0.221 e. The Hall–Kier alpha value is -3.02. The van der Waals surface area contributed by atoms with Gasteiger partial charge in [-0.1, -0.05) is 35.9 Å². The summed E-state index contributed by atoms with van der Waals surface area (Å²) in [7, 11) is 3.20. The number of benzene rings is 2. The number of hydrogen-bond acceptors (Lipinski definition) is 4. The average molecular weight is 399 g/mol. The van der Waals surface area contributed by atoms with Gasteiger partial charge in [0.2, 0.25) is 11.8 Å². The zero-order chi connectivity index (χ0) is 21.2. The second-order valence-electron chi connectivity index (χ2n) is 6.97. The Labute approximate surface area is 172 Å². The van der Waals surface area contributed by atoms with Crippen molar-refractivity contribution in [2.24, 2.45) is 0 Å². The maximum absolute atomic E-state index is 12.2. The Kier molecular flexibility index (Phi) is 8.52. The molecular formula is C23H30N2O4. The molecule has 2 aromatic carbocycles. The first kappa shape index (κ1) is 22.3.